The number of amides is 2. The van der Waals surface area contributed by atoms with E-state index in [1.165, 1.54) is 0 Å². The van der Waals surface area contributed by atoms with Gasteiger partial charge in [0.05, 0.1) is 21.7 Å². The molecule has 40 heavy (non-hydrogen) atoms. The van der Waals surface area contributed by atoms with Gasteiger partial charge in [-0.05, 0) is 73.0 Å². The lowest BCUT2D eigenvalue weighted by Crippen LogP contribution is -2.35. The second-order valence-corrected chi connectivity index (χ2v) is 11.3. The van der Waals surface area contributed by atoms with Crippen LogP contribution in [0, 0.1) is 5.92 Å². The molecular formula is C29H27BrClF2N5O2. The normalized spacial score (nSPS) is 15.1. The van der Waals surface area contributed by atoms with Gasteiger partial charge >= 0.3 is 0 Å². The number of nitrogens with zero attached hydrogens (tertiary/aromatic N) is 2. The van der Waals surface area contributed by atoms with E-state index in [4.69, 9.17) is 11.6 Å². The SMILES string of the molecule is Cn1c(Nc2cc(CNC(=O)C3CCC(F)(F)CC3)ccc2Cl)nc2cc(C(=O)Nc3ccc(Br)cc3)ccc21. The van der Waals surface area contributed by atoms with Crippen molar-refractivity contribution in [1.29, 1.82) is 0 Å². The molecule has 0 bridgehead atoms. The first-order chi connectivity index (χ1) is 19.1. The summed E-state index contributed by atoms with van der Waals surface area (Å²) in [6, 6.07) is 18.0. The number of fused-ring (bicyclic) bond motifs is 1. The number of nitrogens with one attached hydrogen (secondary N) is 3. The van der Waals surface area contributed by atoms with Crippen LogP contribution in [0.1, 0.15) is 41.6 Å². The van der Waals surface area contributed by atoms with Crippen LogP contribution in [0.4, 0.5) is 26.1 Å². The van der Waals surface area contributed by atoms with Gasteiger partial charge in [0.2, 0.25) is 17.8 Å². The number of carbonyl (C=O) groups excluding carboxylic acids is 2. The Morgan fingerprint density at radius 2 is 1.80 bits per heavy atom. The largest absolute Gasteiger partial charge is 0.352 e. The number of rotatable bonds is 7. The number of hydrogen-bond acceptors (Lipinski definition) is 4. The molecule has 0 atom stereocenters. The first-order valence-electron chi connectivity index (χ1n) is 12.8. The minimum atomic E-state index is -2.67. The highest BCUT2D eigenvalue weighted by Crippen LogP contribution is 2.36. The van der Waals surface area contributed by atoms with Crippen molar-refractivity contribution < 1.29 is 18.4 Å². The van der Waals surface area contributed by atoms with Crippen LogP contribution in [0.5, 0.6) is 0 Å². The molecule has 1 saturated carbocycles. The zero-order valence-corrected chi connectivity index (χ0v) is 24.0. The van der Waals surface area contributed by atoms with E-state index in [1.807, 2.05) is 48.0 Å². The lowest BCUT2D eigenvalue weighted by atomic mass is 9.86. The molecule has 1 heterocycles. The number of aromatic nitrogens is 2. The van der Waals surface area contributed by atoms with Crippen molar-refractivity contribution in [2.75, 3.05) is 10.6 Å². The standard InChI is InChI=1S/C29H27BrClF2N5O2/c1-38-25-9-3-19(27(40)35-21-6-4-20(30)5-7-21)15-24(25)37-28(38)36-23-14-17(2-8-22(23)31)16-34-26(39)18-10-12-29(32,33)13-11-18/h2-9,14-15,18H,10-13,16H2,1H3,(H,34,39)(H,35,40)(H,36,37). The van der Waals surface area contributed by atoms with Crippen molar-refractivity contribution in [2.24, 2.45) is 13.0 Å². The van der Waals surface area contributed by atoms with E-state index in [0.717, 1.165) is 15.6 Å². The predicted octanol–water partition coefficient (Wildman–Crippen LogP) is 7.43. The molecule has 3 aromatic carbocycles. The number of hydrogen-bond donors (Lipinski definition) is 3. The molecule has 4 aromatic rings. The third-order valence-corrected chi connectivity index (χ3v) is 7.94. The van der Waals surface area contributed by atoms with Crippen LogP contribution < -0.4 is 16.0 Å². The van der Waals surface area contributed by atoms with Gasteiger partial charge in [0, 0.05) is 48.1 Å². The first kappa shape index (κ1) is 28.0. The summed E-state index contributed by atoms with van der Waals surface area (Å²) in [5.41, 5.74) is 4.00. The maximum atomic E-state index is 13.4. The van der Waals surface area contributed by atoms with Crippen molar-refractivity contribution in [1.82, 2.24) is 14.9 Å². The number of imidazole rings is 1. The molecule has 0 radical (unpaired) electrons. The van der Waals surface area contributed by atoms with Crippen molar-refractivity contribution in [3.63, 3.8) is 0 Å². The second kappa shape index (κ2) is 11.5. The van der Waals surface area contributed by atoms with Gasteiger partial charge < -0.3 is 20.5 Å². The van der Waals surface area contributed by atoms with Crippen molar-refractivity contribution >= 4 is 67.7 Å². The molecule has 1 aromatic heterocycles. The second-order valence-electron chi connectivity index (χ2n) is 9.95. The van der Waals surface area contributed by atoms with Gasteiger partial charge in [0.25, 0.3) is 5.91 Å². The van der Waals surface area contributed by atoms with Crippen LogP contribution in [-0.2, 0) is 18.4 Å². The molecule has 7 nitrogen and oxygen atoms in total. The predicted molar refractivity (Wildman–Crippen MR) is 156 cm³/mol. The molecule has 0 unspecified atom stereocenters. The van der Waals surface area contributed by atoms with E-state index >= 15 is 0 Å². The molecule has 0 spiro atoms. The van der Waals surface area contributed by atoms with E-state index in [2.05, 4.69) is 36.9 Å². The minimum Gasteiger partial charge on any atom is -0.352 e. The third kappa shape index (κ3) is 6.45. The Bertz CT molecular complexity index is 1560. The van der Waals surface area contributed by atoms with E-state index in [0.29, 0.717) is 33.4 Å². The highest BCUT2D eigenvalue weighted by Gasteiger charge is 2.37. The molecule has 2 amide bonds. The molecule has 1 aliphatic rings. The van der Waals surface area contributed by atoms with Gasteiger partial charge in [0.15, 0.2) is 0 Å². The van der Waals surface area contributed by atoms with Crippen LogP contribution in [-0.4, -0.2) is 27.3 Å². The summed E-state index contributed by atoms with van der Waals surface area (Å²) in [7, 11) is 1.85. The van der Waals surface area contributed by atoms with E-state index in [1.54, 1.807) is 24.3 Å². The van der Waals surface area contributed by atoms with Gasteiger partial charge in [-0.15, -0.1) is 0 Å². The first-order valence-corrected chi connectivity index (χ1v) is 14.0. The summed E-state index contributed by atoms with van der Waals surface area (Å²) in [6.45, 7) is 0.247. The fraction of sp³-hybridized carbons (Fsp3) is 0.276. The number of halogens is 4. The number of carbonyl (C=O) groups is 2. The number of anilines is 3. The summed E-state index contributed by atoms with van der Waals surface area (Å²) < 4.78 is 29.6. The summed E-state index contributed by atoms with van der Waals surface area (Å²) in [4.78, 5) is 30.0. The summed E-state index contributed by atoms with van der Waals surface area (Å²) in [5.74, 6) is -3.01. The Morgan fingerprint density at radius 3 is 2.52 bits per heavy atom. The molecule has 1 fully saturated rings. The average Bonchev–Trinajstić information content (AvgIpc) is 3.24. The van der Waals surface area contributed by atoms with E-state index < -0.39 is 11.8 Å². The molecule has 1 aliphatic carbocycles. The summed E-state index contributed by atoms with van der Waals surface area (Å²) in [5, 5.41) is 9.45. The molecule has 3 N–H and O–H groups in total. The maximum absolute atomic E-state index is 13.4. The Kier molecular flexibility index (Phi) is 8.09. The zero-order valence-electron chi connectivity index (χ0n) is 21.6. The fourth-order valence-corrected chi connectivity index (χ4v) is 5.15. The van der Waals surface area contributed by atoms with Gasteiger partial charge in [-0.25, -0.2) is 13.8 Å². The maximum Gasteiger partial charge on any atom is 0.255 e. The Labute approximate surface area is 243 Å². The Hall–Kier alpha value is -3.50. The smallest absolute Gasteiger partial charge is 0.255 e. The van der Waals surface area contributed by atoms with Gasteiger partial charge in [-0.2, -0.15) is 0 Å². The minimum absolute atomic E-state index is 0.187. The molecule has 0 saturated heterocycles. The number of aryl methyl sites for hydroxylation is 1. The molecule has 208 valence electrons. The van der Waals surface area contributed by atoms with Crippen LogP contribution in [0.25, 0.3) is 11.0 Å². The topological polar surface area (TPSA) is 88.1 Å². The highest BCUT2D eigenvalue weighted by molar-refractivity contribution is 9.10. The van der Waals surface area contributed by atoms with Gasteiger partial charge in [0.1, 0.15) is 0 Å². The van der Waals surface area contributed by atoms with E-state index in [9.17, 15) is 18.4 Å². The molecule has 5 rings (SSSR count). The average molecular weight is 631 g/mol. The van der Waals surface area contributed by atoms with Crippen LogP contribution >= 0.6 is 27.5 Å². The number of benzene rings is 3. The third-order valence-electron chi connectivity index (χ3n) is 7.08. The van der Waals surface area contributed by atoms with Crippen molar-refractivity contribution in [3.8, 4) is 0 Å². The van der Waals surface area contributed by atoms with Gasteiger partial charge in [-0.1, -0.05) is 33.6 Å². The van der Waals surface area contributed by atoms with E-state index in [-0.39, 0.29) is 44.0 Å². The summed E-state index contributed by atoms with van der Waals surface area (Å²) >= 11 is 9.83. The lowest BCUT2D eigenvalue weighted by Gasteiger charge is -2.27. The highest BCUT2D eigenvalue weighted by atomic mass is 79.9. The van der Waals surface area contributed by atoms with Crippen molar-refractivity contribution in [3.05, 3.63) is 81.3 Å². The Morgan fingerprint density at radius 1 is 1.07 bits per heavy atom. The van der Waals surface area contributed by atoms with Crippen LogP contribution in [0.3, 0.4) is 0 Å². The Balaban J connectivity index is 1.27. The van der Waals surface area contributed by atoms with Crippen molar-refractivity contribution in [2.45, 2.75) is 38.2 Å². The fourth-order valence-electron chi connectivity index (χ4n) is 4.72. The molecular weight excluding hydrogens is 604 g/mol. The van der Waals surface area contributed by atoms with Crippen LogP contribution in [0.15, 0.2) is 65.1 Å². The zero-order chi connectivity index (χ0) is 28.4. The quantitative estimate of drug-likeness (QED) is 0.198. The molecule has 11 heteroatoms. The number of alkyl halides is 2. The van der Waals surface area contributed by atoms with Crippen LogP contribution in [0.2, 0.25) is 5.02 Å². The van der Waals surface area contributed by atoms with Gasteiger partial charge in [-0.3, -0.25) is 9.59 Å². The monoisotopic (exact) mass is 629 g/mol. The summed E-state index contributed by atoms with van der Waals surface area (Å²) in [6.07, 6.45) is -0.135. The lowest BCUT2D eigenvalue weighted by molar-refractivity contribution is -0.129. The molecule has 0 aliphatic heterocycles.